The third-order valence-corrected chi connectivity index (χ3v) is 5.08. The second kappa shape index (κ2) is 6.40. The van der Waals surface area contributed by atoms with Crippen molar-refractivity contribution in [1.29, 1.82) is 0 Å². The molecule has 0 amide bonds. The van der Waals surface area contributed by atoms with E-state index in [2.05, 4.69) is 10.0 Å². The van der Waals surface area contributed by atoms with E-state index in [1.807, 2.05) is 6.92 Å². The van der Waals surface area contributed by atoms with Crippen LogP contribution in [0.4, 0.5) is 11.4 Å². The summed E-state index contributed by atoms with van der Waals surface area (Å²) in [5.41, 5.74) is 0.122. The van der Waals surface area contributed by atoms with Crippen molar-refractivity contribution in [3.05, 3.63) is 28.3 Å². The van der Waals surface area contributed by atoms with Crippen LogP contribution in [0.5, 0.6) is 0 Å². The van der Waals surface area contributed by atoms with Crippen LogP contribution in [-0.2, 0) is 10.0 Å². The topological polar surface area (TPSA) is 101 Å². The summed E-state index contributed by atoms with van der Waals surface area (Å²) in [7, 11) is -3.86. The molecule has 8 heteroatoms. The predicted octanol–water partition coefficient (Wildman–Crippen LogP) is 2.10. The largest absolute Gasteiger partial charge is 0.385 e. The van der Waals surface area contributed by atoms with Crippen LogP contribution in [0.15, 0.2) is 23.1 Å². The molecule has 0 unspecified atom stereocenters. The summed E-state index contributed by atoms with van der Waals surface area (Å²) in [5, 5.41) is 14.0. The molecule has 21 heavy (non-hydrogen) atoms. The van der Waals surface area contributed by atoms with Crippen LogP contribution in [0.1, 0.15) is 26.2 Å². The molecule has 0 bridgehead atoms. The summed E-state index contributed by atoms with van der Waals surface area (Å²) in [6.07, 6.45) is 3.12. The van der Waals surface area contributed by atoms with E-state index in [0.717, 1.165) is 19.3 Å². The Morgan fingerprint density at radius 2 is 2.10 bits per heavy atom. The molecule has 2 N–H and O–H groups in total. The van der Waals surface area contributed by atoms with E-state index in [4.69, 9.17) is 0 Å². The van der Waals surface area contributed by atoms with Gasteiger partial charge in [-0.15, -0.1) is 0 Å². The average Bonchev–Trinajstić information content (AvgIpc) is 2.36. The average molecular weight is 313 g/mol. The minimum atomic E-state index is -3.86. The first-order chi connectivity index (χ1) is 9.94. The Balaban J connectivity index is 2.25. The molecule has 0 aliphatic heterocycles. The third kappa shape index (κ3) is 3.70. The second-order valence-electron chi connectivity index (χ2n) is 5.12. The maximum Gasteiger partial charge on any atom is 0.291 e. The second-order valence-corrected chi connectivity index (χ2v) is 6.85. The van der Waals surface area contributed by atoms with E-state index in [-0.39, 0.29) is 4.90 Å². The van der Waals surface area contributed by atoms with Crippen LogP contribution in [-0.4, -0.2) is 26.4 Å². The van der Waals surface area contributed by atoms with Gasteiger partial charge in [0.15, 0.2) is 4.90 Å². The molecule has 0 saturated heterocycles. The van der Waals surface area contributed by atoms with Gasteiger partial charge in [0.1, 0.15) is 0 Å². The number of nitro benzene ring substituents is 1. The number of hydrogen-bond acceptors (Lipinski definition) is 5. The van der Waals surface area contributed by atoms with E-state index in [9.17, 15) is 18.5 Å². The standard InChI is InChI=1S/C13H19N3O4S/c1-2-14-11-6-7-13(12(8-11)16(17)18)21(19,20)15-9-10-4-3-5-10/h6-8,10,14-15H,2-5,9H2,1H3. The molecule has 116 valence electrons. The Kier molecular flexibility index (Phi) is 4.79. The van der Waals surface area contributed by atoms with E-state index in [1.54, 1.807) is 0 Å². The molecule has 0 spiro atoms. The molecule has 0 radical (unpaired) electrons. The smallest absolute Gasteiger partial charge is 0.291 e. The molecular weight excluding hydrogens is 294 g/mol. The van der Waals surface area contributed by atoms with Gasteiger partial charge >= 0.3 is 0 Å². The van der Waals surface area contributed by atoms with Crippen molar-refractivity contribution < 1.29 is 13.3 Å². The Labute approximate surface area is 123 Å². The Bertz CT molecular complexity index is 626. The van der Waals surface area contributed by atoms with E-state index in [0.29, 0.717) is 24.7 Å². The summed E-state index contributed by atoms with van der Waals surface area (Å²) in [5.74, 6) is 0.347. The van der Waals surface area contributed by atoms with Crippen molar-refractivity contribution in [3.63, 3.8) is 0 Å². The minimum Gasteiger partial charge on any atom is -0.385 e. The molecule has 2 rings (SSSR count). The van der Waals surface area contributed by atoms with Crippen molar-refractivity contribution in [2.24, 2.45) is 5.92 Å². The highest BCUT2D eigenvalue weighted by molar-refractivity contribution is 7.89. The lowest BCUT2D eigenvalue weighted by molar-refractivity contribution is -0.387. The Morgan fingerprint density at radius 3 is 2.62 bits per heavy atom. The fourth-order valence-electron chi connectivity index (χ4n) is 2.20. The molecule has 0 aromatic heterocycles. The molecule has 0 heterocycles. The van der Waals surface area contributed by atoms with Crippen molar-refractivity contribution in [2.45, 2.75) is 31.1 Å². The minimum absolute atomic E-state index is 0.284. The number of benzene rings is 1. The van der Waals surface area contributed by atoms with Crippen LogP contribution in [0.2, 0.25) is 0 Å². The first-order valence-corrected chi connectivity index (χ1v) is 8.44. The van der Waals surface area contributed by atoms with Crippen LogP contribution >= 0.6 is 0 Å². The highest BCUT2D eigenvalue weighted by atomic mass is 32.2. The molecule has 1 aliphatic carbocycles. The maximum atomic E-state index is 12.2. The number of anilines is 1. The van der Waals surface area contributed by atoms with Gasteiger partial charge in [0.05, 0.1) is 4.92 Å². The number of nitrogens with one attached hydrogen (secondary N) is 2. The summed E-state index contributed by atoms with van der Waals surface area (Å²) >= 11 is 0. The van der Waals surface area contributed by atoms with Crippen LogP contribution < -0.4 is 10.0 Å². The van der Waals surface area contributed by atoms with Gasteiger partial charge in [-0.1, -0.05) is 6.42 Å². The normalized spacial score (nSPS) is 15.5. The molecule has 0 atom stereocenters. The third-order valence-electron chi connectivity index (χ3n) is 3.61. The zero-order valence-electron chi connectivity index (χ0n) is 11.8. The summed E-state index contributed by atoms with van der Waals surface area (Å²) in [6, 6.07) is 4.06. The lowest BCUT2D eigenvalue weighted by atomic mass is 9.86. The number of nitrogens with zero attached hydrogens (tertiary/aromatic N) is 1. The van der Waals surface area contributed by atoms with Crippen LogP contribution in [0, 0.1) is 16.0 Å². The monoisotopic (exact) mass is 313 g/mol. The fourth-order valence-corrected chi connectivity index (χ4v) is 3.47. The Morgan fingerprint density at radius 1 is 1.38 bits per heavy atom. The van der Waals surface area contributed by atoms with Crippen molar-refractivity contribution in [1.82, 2.24) is 4.72 Å². The van der Waals surface area contributed by atoms with Crippen molar-refractivity contribution in [3.8, 4) is 0 Å². The Hall–Kier alpha value is -1.67. The van der Waals surface area contributed by atoms with Gasteiger partial charge in [0.2, 0.25) is 10.0 Å². The van der Waals surface area contributed by atoms with Gasteiger partial charge in [-0.05, 0) is 37.8 Å². The molecule has 1 fully saturated rings. The number of hydrogen-bond donors (Lipinski definition) is 2. The molecule has 1 saturated carbocycles. The molecular formula is C13H19N3O4S. The van der Waals surface area contributed by atoms with Gasteiger partial charge < -0.3 is 5.32 Å². The van der Waals surface area contributed by atoms with Gasteiger partial charge in [-0.3, -0.25) is 10.1 Å². The van der Waals surface area contributed by atoms with E-state index in [1.165, 1.54) is 18.2 Å². The summed E-state index contributed by atoms with van der Waals surface area (Å²) < 4.78 is 26.9. The zero-order chi connectivity index (χ0) is 15.5. The quantitative estimate of drug-likeness (QED) is 0.593. The fraction of sp³-hybridized carbons (Fsp3) is 0.538. The van der Waals surface area contributed by atoms with Crippen LogP contribution in [0.3, 0.4) is 0 Å². The number of rotatable bonds is 7. The van der Waals surface area contributed by atoms with Crippen LogP contribution in [0.25, 0.3) is 0 Å². The first-order valence-electron chi connectivity index (χ1n) is 6.96. The van der Waals surface area contributed by atoms with E-state index < -0.39 is 20.6 Å². The van der Waals surface area contributed by atoms with Gasteiger partial charge in [-0.2, -0.15) is 0 Å². The zero-order valence-corrected chi connectivity index (χ0v) is 12.6. The molecule has 1 aromatic rings. The van der Waals surface area contributed by atoms with Gasteiger partial charge in [0.25, 0.3) is 5.69 Å². The summed E-state index contributed by atoms with van der Waals surface area (Å²) in [4.78, 5) is 10.2. The van der Waals surface area contributed by atoms with Crippen molar-refractivity contribution >= 4 is 21.4 Å². The number of nitro groups is 1. The van der Waals surface area contributed by atoms with Crippen molar-refractivity contribution in [2.75, 3.05) is 18.4 Å². The lowest BCUT2D eigenvalue weighted by Gasteiger charge is -2.25. The predicted molar refractivity (Wildman–Crippen MR) is 79.8 cm³/mol. The van der Waals surface area contributed by atoms with Gasteiger partial charge in [0, 0.05) is 24.8 Å². The van der Waals surface area contributed by atoms with Gasteiger partial charge in [-0.25, -0.2) is 13.1 Å². The molecule has 1 aliphatic rings. The highest BCUT2D eigenvalue weighted by Gasteiger charge is 2.27. The number of sulfonamides is 1. The molecule has 1 aromatic carbocycles. The van der Waals surface area contributed by atoms with E-state index >= 15 is 0 Å². The lowest BCUT2D eigenvalue weighted by Crippen LogP contribution is -2.32. The summed E-state index contributed by atoms with van der Waals surface area (Å²) in [6.45, 7) is 2.80. The first kappa shape index (κ1) is 15.7. The maximum absolute atomic E-state index is 12.2. The molecule has 7 nitrogen and oxygen atoms in total. The highest BCUT2D eigenvalue weighted by Crippen LogP contribution is 2.29. The SMILES string of the molecule is CCNc1ccc(S(=O)(=O)NCC2CCC2)c([N+](=O)[O-])c1.